The zero-order valence-corrected chi connectivity index (χ0v) is 12.2. The van der Waals surface area contributed by atoms with Gasteiger partial charge in [-0.25, -0.2) is 9.97 Å². The highest BCUT2D eigenvalue weighted by atomic mass is 16.1. The van der Waals surface area contributed by atoms with Gasteiger partial charge in [0.25, 0.3) is 0 Å². The van der Waals surface area contributed by atoms with Crippen LogP contribution >= 0.6 is 0 Å². The molecule has 4 rings (SSSR count). The Morgan fingerprint density at radius 1 is 1.30 bits per heavy atom. The second-order valence-corrected chi connectivity index (χ2v) is 5.43. The summed E-state index contributed by atoms with van der Waals surface area (Å²) in [5, 5.41) is 5.92. The van der Waals surface area contributed by atoms with Crippen LogP contribution in [0.25, 0.3) is 16.9 Å². The van der Waals surface area contributed by atoms with E-state index in [1.165, 1.54) is 0 Å². The summed E-state index contributed by atoms with van der Waals surface area (Å²) in [4.78, 5) is 24.3. The van der Waals surface area contributed by atoms with E-state index >= 15 is 0 Å². The van der Waals surface area contributed by atoms with Gasteiger partial charge in [0.1, 0.15) is 6.33 Å². The largest absolute Gasteiger partial charge is 0.394 e. The van der Waals surface area contributed by atoms with Crippen LogP contribution in [0.5, 0.6) is 0 Å². The van der Waals surface area contributed by atoms with Crippen LogP contribution in [0.2, 0.25) is 0 Å². The van der Waals surface area contributed by atoms with E-state index in [-0.39, 0.29) is 11.9 Å². The molecule has 8 nitrogen and oxygen atoms in total. The Labute approximate surface area is 131 Å². The summed E-state index contributed by atoms with van der Waals surface area (Å²) < 4.78 is 1.83. The Morgan fingerprint density at radius 2 is 2.17 bits per heavy atom. The van der Waals surface area contributed by atoms with E-state index in [4.69, 9.17) is 5.73 Å². The molecule has 0 radical (unpaired) electrons. The van der Waals surface area contributed by atoms with Gasteiger partial charge in [0.15, 0.2) is 5.82 Å². The minimum absolute atomic E-state index is 0.0153. The van der Waals surface area contributed by atoms with Crippen LogP contribution in [0.15, 0.2) is 36.8 Å². The van der Waals surface area contributed by atoms with Crippen molar-refractivity contribution in [3.63, 3.8) is 0 Å². The van der Waals surface area contributed by atoms with Gasteiger partial charge in [0.2, 0.25) is 11.9 Å². The van der Waals surface area contributed by atoms with Crippen LogP contribution in [0.1, 0.15) is 6.42 Å². The summed E-state index contributed by atoms with van der Waals surface area (Å²) in [6, 6.07) is 7.74. The van der Waals surface area contributed by atoms with Gasteiger partial charge in [-0.3, -0.25) is 9.36 Å². The average molecular weight is 309 g/mol. The lowest BCUT2D eigenvalue weighted by atomic mass is 10.2. The van der Waals surface area contributed by atoms with Crippen molar-refractivity contribution < 1.29 is 4.79 Å². The van der Waals surface area contributed by atoms with Crippen molar-refractivity contribution in [3.05, 3.63) is 36.8 Å². The van der Waals surface area contributed by atoms with Crippen LogP contribution in [-0.4, -0.2) is 38.0 Å². The first kappa shape index (κ1) is 13.5. The van der Waals surface area contributed by atoms with E-state index < -0.39 is 0 Å². The number of nitrogens with one attached hydrogen (secondary N) is 2. The first-order valence-electron chi connectivity index (χ1n) is 7.29. The number of benzene rings is 1. The number of hydrogen-bond acceptors (Lipinski definition) is 6. The van der Waals surface area contributed by atoms with Gasteiger partial charge in [0, 0.05) is 13.0 Å². The van der Waals surface area contributed by atoms with Gasteiger partial charge < -0.3 is 16.4 Å². The molecule has 0 saturated carbocycles. The quantitative estimate of drug-likeness (QED) is 0.657. The van der Waals surface area contributed by atoms with Gasteiger partial charge in [-0.15, -0.1) is 0 Å². The monoisotopic (exact) mass is 309 g/mol. The van der Waals surface area contributed by atoms with Gasteiger partial charge >= 0.3 is 0 Å². The number of fused-ring (bicyclic) bond motifs is 1. The molecule has 0 spiro atoms. The van der Waals surface area contributed by atoms with Crippen LogP contribution in [0.3, 0.4) is 0 Å². The zero-order valence-electron chi connectivity index (χ0n) is 12.2. The normalized spacial score (nSPS) is 17.4. The first-order chi connectivity index (χ1) is 11.2. The third-order valence-corrected chi connectivity index (χ3v) is 3.79. The summed E-state index contributed by atoms with van der Waals surface area (Å²) in [5.74, 6) is 1.03. The van der Waals surface area contributed by atoms with Crippen LogP contribution < -0.4 is 16.4 Å². The molecule has 0 bridgehead atoms. The van der Waals surface area contributed by atoms with Gasteiger partial charge in [0.05, 0.1) is 29.0 Å². The number of carbonyl (C=O) groups is 1. The maximum absolute atomic E-state index is 11.3. The minimum Gasteiger partial charge on any atom is -0.394 e. The molecule has 8 heteroatoms. The molecule has 0 aliphatic carbocycles. The van der Waals surface area contributed by atoms with Crippen molar-refractivity contribution in [1.82, 2.24) is 24.8 Å². The number of amides is 1. The number of aromatic nitrogens is 4. The highest BCUT2D eigenvalue weighted by Crippen LogP contribution is 2.21. The maximum Gasteiger partial charge on any atom is 0.225 e. The van der Waals surface area contributed by atoms with Crippen molar-refractivity contribution in [2.45, 2.75) is 12.5 Å². The molecule has 1 aliphatic heterocycles. The molecule has 1 atom stereocenters. The Balaban J connectivity index is 1.71. The van der Waals surface area contributed by atoms with Gasteiger partial charge in [-0.2, -0.15) is 4.98 Å². The Kier molecular flexibility index (Phi) is 3.07. The predicted molar refractivity (Wildman–Crippen MR) is 86.1 cm³/mol. The third kappa shape index (κ3) is 2.44. The fourth-order valence-electron chi connectivity index (χ4n) is 2.66. The molecule has 1 fully saturated rings. The van der Waals surface area contributed by atoms with Crippen molar-refractivity contribution in [1.29, 1.82) is 0 Å². The minimum atomic E-state index is -0.0153. The number of carbonyl (C=O) groups excluding carboxylic acids is 1. The molecule has 1 aromatic carbocycles. The lowest BCUT2D eigenvalue weighted by Gasteiger charge is -2.13. The number of imidazole rings is 1. The average Bonchev–Trinajstić information content (AvgIpc) is 3.15. The molecule has 116 valence electrons. The van der Waals surface area contributed by atoms with E-state index in [1.54, 1.807) is 12.5 Å². The fourth-order valence-corrected chi connectivity index (χ4v) is 2.66. The number of hydrogen-bond donors (Lipinski definition) is 3. The van der Waals surface area contributed by atoms with Gasteiger partial charge in [-0.05, 0) is 12.1 Å². The topological polar surface area (TPSA) is 111 Å². The summed E-state index contributed by atoms with van der Waals surface area (Å²) in [6.07, 6.45) is 3.66. The Bertz CT molecular complexity index is 888. The van der Waals surface area contributed by atoms with Crippen LogP contribution in [0.4, 0.5) is 11.6 Å². The number of nitrogens with two attached hydrogens (primary N) is 1. The van der Waals surface area contributed by atoms with E-state index in [1.807, 2.05) is 28.8 Å². The summed E-state index contributed by atoms with van der Waals surface area (Å²) >= 11 is 0. The third-order valence-electron chi connectivity index (χ3n) is 3.79. The summed E-state index contributed by atoms with van der Waals surface area (Å²) in [7, 11) is 0. The van der Waals surface area contributed by atoms with E-state index in [2.05, 4.69) is 25.6 Å². The molecule has 1 unspecified atom stereocenters. The highest BCUT2D eigenvalue weighted by molar-refractivity contribution is 5.80. The highest BCUT2D eigenvalue weighted by Gasteiger charge is 2.22. The smallest absolute Gasteiger partial charge is 0.225 e. The molecule has 1 saturated heterocycles. The van der Waals surface area contributed by atoms with Crippen LogP contribution in [-0.2, 0) is 4.79 Å². The Hall–Kier alpha value is -3.16. The zero-order chi connectivity index (χ0) is 15.8. The molecule has 2 aromatic heterocycles. The van der Waals surface area contributed by atoms with E-state index in [0.717, 1.165) is 11.0 Å². The maximum atomic E-state index is 11.3. The Morgan fingerprint density at radius 3 is 3.00 bits per heavy atom. The second kappa shape index (κ2) is 5.24. The second-order valence-electron chi connectivity index (χ2n) is 5.43. The molecule has 3 heterocycles. The summed E-state index contributed by atoms with van der Waals surface area (Å²) in [6.45, 7) is 0.565. The molecule has 1 amide bonds. The van der Waals surface area contributed by atoms with Crippen LogP contribution in [0, 0.1) is 0 Å². The fraction of sp³-hybridized carbons (Fsp3) is 0.200. The van der Waals surface area contributed by atoms with Crippen molar-refractivity contribution in [3.8, 4) is 5.82 Å². The molecular formula is C15H15N7O. The molecular weight excluding hydrogens is 294 g/mol. The number of nitrogens with zero attached hydrogens (tertiary/aromatic N) is 4. The number of nitrogen functional groups attached to an aromatic ring is 1. The summed E-state index contributed by atoms with van der Waals surface area (Å²) in [5.41, 5.74) is 8.28. The molecule has 4 N–H and O–H groups in total. The lowest BCUT2D eigenvalue weighted by molar-refractivity contribution is -0.119. The molecule has 3 aromatic rings. The predicted octanol–water partition coefficient (Wildman–Crippen LogP) is 0.698. The number of anilines is 2. The van der Waals surface area contributed by atoms with Gasteiger partial charge in [-0.1, -0.05) is 12.1 Å². The molecule has 1 aliphatic rings. The van der Waals surface area contributed by atoms with E-state index in [0.29, 0.717) is 30.4 Å². The number of rotatable bonds is 3. The standard InChI is InChI=1S/C15H15N7O/c16-10-7-18-15(20-9-5-13(23)17-6-9)21-14(10)22-8-19-11-3-1-2-4-12(11)22/h1-4,7-9H,5-6,16H2,(H,17,23)(H,18,20,21). The van der Waals surface area contributed by atoms with Crippen molar-refractivity contribution in [2.75, 3.05) is 17.6 Å². The molecule has 23 heavy (non-hydrogen) atoms. The SMILES string of the molecule is Nc1cnc(NC2CNC(=O)C2)nc1-n1cnc2ccccc21. The van der Waals surface area contributed by atoms with Crippen molar-refractivity contribution in [2.24, 2.45) is 0 Å². The first-order valence-corrected chi connectivity index (χ1v) is 7.29. The van der Waals surface area contributed by atoms with Crippen molar-refractivity contribution >= 4 is 28.6 Å². The van der Waals surface area contributed by atoms with E-state index in [9.17, 15) is 4.79 Å². The number of para-hydroxylation sites is 2. The lowest BCUT2D eigenvalue weighted by Crippen LogP contribution is -2.24.